The molecule has 6 amide bonds. The zero-order valence-corrected chi connectivity index (χ0v) is 48.0. The average Bonchev–Trinajstić information content (AvgIpc) is 4.56. The number of ether oxygens (including phenoxy) is 1. The normalized spacial score (nSPS) is 21.1. The number of rotatable bonds is 10. The lowest BCUT2D eigenvalue weighted by Gasteiger charge is -2.25. The van der Waals surface area contributed by atoms with Gasteiger partial charge in [-0.1, -0.05) is 42.1 Å². The highest BCUT2D eigenvalue weighted by atomic mass is 32.2. The first-order valence-corrected chi connectivity index (χ1v) is 30.3. The van der Waals surface area contributed by atoms with Crippen LogP contribution in [0.15, 0.2) is 69.0 Å². The van der Waals surface area contributed by atoms with Crippen LogP contribution >= 0.6 is 68.4 Å². The Hall–Kier alpha value is -7.29. The summed E-state index contributed by atoms with van der Waals surface area (Å²) in [7, 11) is 2.89. The van der Waals surface area contributed by atoms with Gasteiger partial charge in [0.05, 0.1) is 35.9 Å². The van der Waals surface area contributed by atoms with Gasteiger partial charge in [0, 0.05) is 52.0 Å². The van der Waals surface area contributed by atoms with Crippen molar-refractivity contribution in [2.24, 2.45) is 22.7 Å². The Labute approximate surface area is 485 Å². The second-order valence-corrected chi connectivity index (χ2v) is 24.8. The maximum atomic E-state index is 14.2. The van der Waals surface area contributed by atoms with Gasteiger partial charge in [-0.15, -0.1) is 56.7 Å². The number of carbonyl (C=O) groups excluding carboxylic acids is 6. The molecule has 1 aromatic carbocycles. The number of hydrogen-bond donors (Lipinski definition) is 8. The Morgan fingerprint density at radius 3 is 2.25 bits per heavy atom. The highest BCUT2D eigenvalue weighted by Gasteiger charge is 2.40. The monoisotopic (exact) mass is 1210 g/mol. The summed E-state index contributed by atoms with van der Waals surface area (Å²) in [5.41, 5.74) is 2.55. The van der Waals surface area contributed by atoms with Gasteiger partial charge < -0.3 is 36.2 Å². The number of anilines is 1. The summed E-state index contributed by atoms with van der Waals surface area (Å²) in [6, 6.07) is 8.86. The number of nitrogens with one attached hydrogen (secondary N) is 5. The number of thioether (sulfide) groups is 1. The van der Waals surface area contributed by atoms with Crippen molar-refractivity contribution >= 4 is 121 Å². The zero-order chi connectivity index (χ0) is 57.1. The van der Waals surface area contributed by atoms with Gasteiger partial charge in [-0.2, -0.15) is 0 Å². The van der Waals surface area contributed by atoms with Crippen molar-refractivity contribution in [2.75, 3.05) is 32.6 Å². The van der Waals surface area contributed by atoms with E-state index in [-0.39, 0.29) is 46.4 Å². The highest BCUT2D eigenvalue weighted by molar-refractivity contribution is 8.14. The van der Waals surface area contributed by atoms with Crippen LogP contribution in [0.3, 0.4) is 0 Å². The van der Waals surface area contributed by atoms with Gasteiger partial charge in [-0.3, -0.25) is 43.9 Å². The second kappa shape index (κ2) is 24.8. The quantitative estimate of drug-likeness (QED) is 0.0610. The van der Waals surface area contributed by atoms with Gasteiger partial charge in [0.25, 0.3) is 17.7 Å². The maximum absolute atomic E-state index is 14.2. The number of amides is 6. The van der Waals surface area contributed by atoms with E-state index >= 15 is 0 Å². The number of aliphatic hydroxyl groups excluding tert-OH is 1. The Bertz CT molecular complexity index is 3570. The number of carboxylic acid groups (broad SMARTS) is 1. The van der Waals surface area contributed by atoms with Gasteiger partial charge in [-0.05, 0) is 50.3 Å². The number of aromatic nitrogens is 6. The van der Waals surface area contributed by atoms with Gasteiger partial charge in [0.15, 0.2) is 5.17 Å². The third kappa shape index (κ3) is 12.8. The van der Waals surface area contributed by atoms with Crippen molar-refractivity contribution in [1.29, 1.82) is 0 Å². The van der Waals surface area contributed by atoms with E-state index in [9.17, 15) is 43.8 Å². The molecule has 7 aromatic rings. The van der Waals surface area contributed by atoms with Crippen molar-refractivity contribution in [2.45, 2.75) is 68.5 Å². The van der Waals surface area contributed by atoms with Crippen LogP contribution in [-0.2, 0) is 28.7 Å². The van der Waals surface area contributed by atoms with E-state index in [1.807, 2.05) is 0 Å². The average molecular weight is 1210 g/mol. The van der Waals surface area contributed by atoms with Gasteiger partial charge in [-0.25, -0.2) is 40.7 Å². The number of aliphatic hydroxyl groups is 1. The molecule has 30 heteroatoms. The fraction of sp³-hybridized carbons (Fsp3) is 0.333. The van der Waals surface area contributed by atoms with Crippen molar-refractivity contribution in [1.82, 2.24) is 56.2 Å². The van der Waals surface area contributed by atoms with Crippen LogP contribution in [0.25, 0.3) is 43.4 Å². The zero-order valence-electron chi connectivity index (χ0n) is 43.1. The molecule has 420 valence electrons. The van der Waals surface area contributed by atoms with E-state index in [1.54, 1.807) is 70.9 Å². The Morgan fingerprint density at radius 1 is 0.790 bits per heavy atom. The van der Waals surface area contributed by atoms with Crippen LogP contribution in [0, 0.1) is 18.8 Å². The van der Waals surface area contributed by atoms with Crippen molar-refractivity contribution in [3.05, 3.63) is 95.8 Å². The fourth-order valence-corrected chi connectivity index (χ4v) is 14.5. The molecule has 1 fully saturated rings. The van der Waals surface area contributed by atoms with Gasteiger partial charge in [0.1, 0.15) is 84.1 Å². The molecule has 1 aliphatic carbocycles. The van der Waals surface area contributed by atoms with E-state index in [1.165, 1.54) is 36.8 Å². The first-order chi connectivity index (χ1) is 39.0. The minimum atomic E-state index is -1.31. The molecule has 6 aromatic heterocycles. The third-order valence-electron chi connectivity index (χ3n) is 13.4. The van der Waals surface area contributed by atoms with E-state index in [4.69, 9.17) is 35.5 Å². The van der Waals surface area contributed by atoms with Crippen LogP contribution in [0.5, 0.6) is 0 Å². The summed E-state index contributed by atoms with van der Waals surface area (Å²) < 4.78 is 5.39. The number of carbonyl (C=O) groups is 7. The highest BCUT2D eigenvalue weighted by Crippen LogP contribution is 2.40. The number of aryl methyl sites for hydroxylation is 1. The molecule has 9 N–H and O–H groups in total. The largest absolute Gasteiger partial charge is 0.481 e. The third-order valence-corrected chi connectivity index (χ3v) is 19.1. The predicted molar refractivity (Wildman–Crippen MR) is 306 cm³/mol. The molecule has 0 radical (unpaired) electrons. The molecule has 81 heavy (non-hydrogen) atoms. The lowest BCUT2D eigenvalue weighted by atomic mass is 9.81. The van der Waals surface area contributed by atoms with Crippen molar-refractivity contribution in [3.8, 4) is 43.4 Å². The number of thiazole rings is 5. The van der Waals surface area contributed by atoms with Gasteiger partial charge >= 0.3 is 5.97 Å². The summed E-state index contributed by atoms with van der Waals surface area (Å²) in [6.45, 7) is 1.03. The number of hydrazine groups is 1. The minimum absolute atomic E-state index is 0.0124. The Balaban J connectivity index is 1.02. The number of hydrogen-bond acceptors (Lipinski definition) is 23. The van der Waals surface area contributed by atoms with E-state index < -0.39 is 77.4 Å². The molecule has 1 saturated carbocycles. The van der Waals surface area contributed by atoms with Crippen LogP contribution in [-0.4, -0.2) is 130 Å². The molecule has 0 saturated heterocycles. The molecule has 0 spiro atoms. The van der Waals surface area contributed by atoms with E-state index in [0.717, 1.165) is 45.8 Å². The second-order valence-electron chi connectivity index (χ2n) is 18.8. The van der Waals surface area contributed by atoms with Crippen molar-refractivity contribution in [3.63, 3.8) is 0 Å². The molecule has 5 atom stereocenters. The number of fused-ring (bicyclic) bond motifs is 13. The van der Waals surface area contributed by atoms with Crippen LogP contribution in [0.2, 0.25) is 0 Å². The number of aliphatic imine (C=N–C) groups is 1. The standard InChI is InChI=1S/C51H50N14O10S6/c1-22-36-43(71)64-51-63-38(32(81-51)17-75-3)49(72)65(52)16-35(67)61-39(40(68)23-7-5-4-6-8-23)48-58-31(20-78-48)46-56-29(18-77-46)37-26(44-57-30(19-76-44)42(70)55-28(15-34(66)53-2)47(62-36)80-22)13-14-27(54-37)45-60-33(21-79-45)59-41(69)24-9-11-25(12-10-24)50(73)74/h4-8,13-14,18-21,24-25,28,32,38-40,68H,9-12,15-17,52H2,1-3H3,(H,53,66)(H,55,70)(H,59,69)(H,61,67)(H,73,74)(H,63,64,71)/t24-,25-,28-,32?,38?,39-,40-/m0/s1. The molecule has 24 nitrogen and oxygen atoms in total. The number of pyridine rings is 1. The molecule has 2 aliphatic heterocycles. The minimum Gasteiger partial charge on any atom is -0.481 e. The summed E-state index contributed by atoms with van der Waals surface area (Å²) in [4.78, 5) is 128. The number of carboxylic acids is 1. The lowest BCUT2D eigenvalue weighted by molar-refractivity contribution is -0.143. The lowest BCUT2D eigenvalue weighted by Crippen LogP contribution is -2.51. The predicted octanol–water partition coefficient (Wildman–Crippen LogP) is 5.60. The number of amidine groups is 1. The number of benzene rings is 1. The molecule has 8 heterocycles. The first kappa shape index (κ1) is 57.0. The van der Waals surface area contributed by atoms with E-state index in [0.29, 0.717) is 95.3 Å². The summed E-state index contributed by atoms with van der Waals surface area (Å²) in [5.74, 6) is 1.50. The SMILES string of the molecule is CNC(=O)C[C@@H]1NC(=O)c2csc(n2)-c2ccc(-c3nc(NC(=O)[C@H]4CC[C@H](C(=O)O)CC4)cs3)nc2-c2csc(n2)-c2csc(n2)[C@H]([C@@H](O)c2ccccc2)NC(=O)CN(N)C(=O)C2N=C(NC(=O)c3nc1sc3C)SC2COC. The Morgan fingerprint density at radius 2 is 1.49 bits per heavy atom. The van der Waals surface area contributed by atoms with Crippen molar-refractivity contribution < 1.29 is 48.5 Å². The summed E-state index contributed by atoms with van der Waals surface area (Å²) >= 11 is 6.99. The van der Waals surface area contributed by atoms with Crippen LogP contribution in [0.4, 0.5) is 5.82 Å². The fourth-order valence-electron chi connectivity index (χ4n) is 9.16. The Kier molecular flexibility index (Phi) is 17.5. The molecule has 10 bridgehead atoms. The number of nitrogens with two attached hydrogens (primary N) is 1. The maximum Gasteiger partial charge on any atom is 0.306 e. The topological polar surface area (TPSA) is 348 Å². The molecular weight excluding hydrogens is 1160 g/mol. The number of methoxy groups -OCH3 is 1. The number of nitrogens with zero attached hydrogens (tertiary/aromatic N) is 8. The molecule has 10 rings (SSSR count). The van der Waals surface area contributed by atoms with Crippen LogP contribution in [0.1, 0.15) is 91.7 Å². The van der Waals surface area contributed by atoms with Gasteiger partial charge in [0.2, 0.25) is 17.7 Å². The van der Waals surface area contributed by atoms with E-state index in [2.05, 4.69) is 36.6 Å². The summed E-state index contributed by atoms with van der Waals surface area (Å²) in [5, 5.41) is 44.0. The molecule has 2 unspecified atom stereocenters. The first-order valence-electron chi connectivity index (χ1n) is 25.0. The number of aliphatic carboxylic acids is 1. The van der Waals surface area contributed by atoms with Crippen LogP contribution < -0.4 is 32.4 Å². The smallest absolute Gasteiger partial charge is 0.306 e. The summed E-state index contributed by atoms with van der Waals surface area (Å²) in [6.07, 6.45) is 0.175. The molecular formula is C51H50N14O10S6. The molecule has 3 aliphatic rings.